The van der Waals surface area contributed by atoms with E-state index in [2.05, 4.69) is 4.74 Å². The molecule has 0 unspecified atom stereocenters. The average Bonchev–Trinajstić information content (AvgIpc) is 2.43. The summed E-state index contributed by atoms with van der Waals surface area (Å²) >= 11 is 2.42. The lowest BCUT2D eigenvalue weighted by Gasteiger charge is -2.06. The second-order valence-corrected chi connectivity index (χ2v) is 6.33. The summed E-state index contributed by atoms with van der Waals surface area (Å²) in [7, 11) is 1.24. The minimum absolute atomic E-state index is 0.0819. The Kier molecular flexibility index (Phi) is 4.46. The lowest BCUT2D eigenvalue weighted by atomic mass is 10.2. The van der Waals surface area contributed by atoms with Gasteiger partial charge >= 0.3 is 5.97 Å². The molecule has 0 saturated carbocycles. The first-order valence-corrected chi connectivity index (χ1v) is 7.35. The zero-order valence-corrected chi connectivity index (χ0v) is 12.5. The van der Waals surface area contributed by atoms with Crippen molar-refractivity contribution in [2.45, 2.75) is 11.1 Å². The summed E-state index contributed by atoms with van der Waals surface area (Å²) < 4.78 is 6.08. The Labute approximate surface area is 123 Å². The van der Waals surface area contributed by atoms with Gasteiger partial charge in [0.1, 0.15) is 10.7 Å². The third-order valence-corrected chi connectivity index (χ3v) is 4.89. The van der Waals surface area contributed by atoms with Crippen molar-refractivity contribution in [2.24, 2.45) is 0 Å². The molecule has 1 aromatic carbocycles. The van der Waals surface area contributed by atoms with Crippen molar-refractivity contribution in [1.29, 1.82) is 0 Å². The average molecular weight is 308 g/mol. The van der Waals surface area contributed by atoms with Crippen molar-refractivity contribution in [3.05, 3.63) is 51.2 Å². The van der Waals surface area contributed by atoms with Crippen molar-refractivity contribution in [2.75, 3.05) is 7.11 Å². The fraction of sp³-hybridized carbons (Fsp3) is 0.143. The van der Waals surface area contributed by atoms with Crippen LogP contribution in [-0.2, 0) is 9.53 Å². The van der Waals surface area contributed by atoms with Crippen molar-refractivity contribution in [3.63, 3.8) is 0 Å². The summed E-state index contributed by atoms with van der Waals surface area (Å²) in [5.41, 5.74) is -0.110. The van der Waals surface area contributed by atoms with Crippen LogP contribution in [-0.4, -0.2) is 18.2 Å². The first-order valence-electron chi connectivity index (χ1n) is 5.72. The summed E-state index contributed by atoms with van der Waals surface area (Å²) in [4.78, 5) is 23.6. The SMILES string of the molecule is COC(=O)/C(Sc1cc(=O)c2ccccc2s1)=C(\C)O. The highest BCUT2D eigenvalue weighted by atomic mass is 32.2. The normalized spacial score (nSPS) is 12.1. The van der Waals surface area contributed by atoms with E-state index in [4.69, 9.17) is 0 Å². The van der Waals surface area contributed by atoms with E-state index >= 15 is 0 Å². The smallest absolute Gasteiger partial charge is 0.348 e. The molecule has 104 valence electrons. The largest absolute Gasteiger partial charge is 0.511 e. The highest BCUT2D eigenvalue weighted by Crippen LogP contribution is 2.33. The molecule has 2 aromatic rings. The number of hydrogen-bond donors (Lipinski definition) is 1. The monoisotopic (exact) mass is 308 g/mol. The van der Waals surface area contributed by atoms with Crippen LogP contribution >= 0.6 is 23.1 Å². The maximum atomic E-state index is 12.0. The Morgan fingerprint density at radius 1 is 1.35 bits per heavy atom. The number of benzene rings is 1. The molecule has 0 spiro atoms. The van der Waals surface area contributed by atoms with Crippen LogP contribution in [0, 0.1) is 0 Å². The molecule has 0 amide bonds. The van der Waals surface area contributed by atoms with Gasteiger partial charge in [0.05, 0.1) is 11.3 Å². The Bertz CT molecular complexity index is 742. The molecule has 1 heterocycles. The minimum atomic E-state index is -0.622. The van der Waals surface area contributed by atoms with Gasteiger partial charge in [0.15, 0.2) is 5.43 Å². The number of methoxy groups -OCH3 is 1. The number of carbonyl (C=O) groups excluding carboxylic acids is 1. The molecule has 1 N–H and O–H groups in total. The van der Waals surface area contributed by atoms with Crippen molar-refractivity contribution < 1.29 is 14.6 Å². The summed E-state index contributed by atoms with van der Waals surface area (Å²) in [6.45, 7) is 1.41. The Hall–Kier alpha value is -1.79. The van der Waals surface area contributed by atoms with Crippen LogP contribution in [0.2, 0.25) is 0 Å². The number of carbonyl (C=O) groups is 1. The van der Waals surface area contributed by atoms with Gasteiger partial charge in [-0.05, 0) is 19.1 Å². The van der Waals surface area contributed by atoms with Crippen LogP contribution in [0.15, 0.2) is 50.0 Å². The molecule has 1 aromatic heterocycles. The van der Waals surface area contributed by atoms with Gasteiger partial charge < -0.3 is 9.84 Å². The highest BCUT2D eigenvalue weighted by molar-refractivity contribution is 8.05. The molecule has 4 nitrogen and oxygen atoms in total. The standard InChI is InChI=1S/C14H12O4S2/c1-8(15)13(14(17)18-2)20-12-7-10(16)9-5-3-4-6-11(9)19-12/h3-7,15H,1-2H3/b13-8-. The molecule has 0 aliphatic heterocycles. The van der Waals surface area contributed by atoms with Gasteiger partial charge in [0, 0.05) is 16.2 Å². The van der Waals surface area contributed by atoms with Gasteiger partial charge in [-0.15, -0.1) is 11.3 Å². The van der Waals surface area contributed by atoms with Crippen LogP contribution in [0.25, 0.3) is 10.1 Å². The Morgan fingerprint density at radius 3 is 2.70 bits per heavy atom. The van der Waals surface area contributed by atoms with E-state index < -0.39 is 5.97 Å². The number of aliphatic hydroxyl groups is 1. The van der Waals surface area contributed by atoms with Gasteiger partial charge in [-0.3, -0.25) is 4.79 Å². The maximum absolute atomic E-state index is 12.0. The third kappa shape index (κ3) is 3.02. The van der Waals surface area contributed by atoms with E-state index in [1.165, 1.54) is 31.4 Å². The molecule has 6 heteroatoms. The van der Waals surface area contributed by atoms with Gasteiger partial charge in [-0.2, -0.15) is 0 Å². The van der Waals surface area contributed by atoms with Crippen molar-refractivity contribution >= 4 is 39.2 Å². The van der Waals surface area contributed by atoms with Crippen LogP contribution in [0.5, 0.6) is 0 Å². The van der Waals surface area contributed by atoms with Crippen LogP contribution in [0.3, 0.4) is 0 Å². The number of aliphatic hydroxyl groups excluding tert-OH is 1. The van der Waals surface area contributed by atoms with Crippen LogP contribution in [0.1, 0.15) is 6.92 Å². The predicted molar refractivity (Wildman–Crippen MR) is 81.3 cm³/mol. The fourth-order valence-corrected chi connectivity index (χ4v) is 3.76. The third-order valence-electron chi connectivity index (χ3n) is 2.51. The van der Waals surface area contributed by atoms with Gasteiger partial charge in [0.25, 0.3) is 0 Å². The fourth-order valence-electron chi connectivity index (χ4n) is 1.59. The van der Waals surface area contributed by atoms with Gasteiger partial charge in [0.2, 0.25) is 0 Å². The molecule has 0 atom stereocenters. The molecular formula is C14H12O4S2. The molecule has 2 rings (SSSR count). The second-order valence-electron chi connectivity index (χ2n) is 3.93. The Balaban J connectivity index is 2.47. The Morgan fingerprint density at radius 2 is 2.05 bits per heavy atom. The minimum Gasteiger partial charge on any atom is -0.511 e. The van der Waals surface area contributed by atoms with E-state index in [1.54, 1.807) is 12.1 Å². The number of ether oxygens (including phenoxy) is 1. The van der Waals surface area contributed by atoms with E-state index in [0.29, 0.717) is 9.60 Å². The van der Waals surface area contributed by atoms with Gasteiger partial charge in [-0.1, -0.05) is 23.9 Å². The predicted octanol–water partition coefficient (Wildman–Crippen LogP) is 3.32. The summed E-state index contributed by atoms with van der Waals surface area (Å²) in [6, 6.07) is 8.72. The number of fused-ring (bicyclic) bond motifs is 1. The van der Waals surface area contributed by atoms with Gasteiger partial charge in [-0.25, -0.2) is 4.79 Å². The zero-order chi connectivity index (χ0) is 14.7. The molecule has 20 heavy (non-hydrogen) atoms. The number of thioether (sulfide) groups is 1. The molecule has 0 saturated heterocycles. The second kappa shape index (κ2) is 6.11. The maximum Gasteiger partial charge on any atom is 0.348 e. The summed E-state index contributed by atoms with van der Waals surface area (Å²) in [5.74, 6) is -0.752. The van der Waals surface area contributed by atoms with Crippen LogP contribution in [0.4, 0.5) is 0 Å². The number of allylic oxidation sites excluding steroid dienone is 1. The number of esters is 1. The lowest BCUT2D eigenvalue weighted by Crippen LogP contribution is -2.05. The lowest BCUT2D eigenvalue weighted by molar-refractivity contribution is -0.135. The number of hydrogen-bond acceptors (Lipinski definition) is 6. The quantitative estimate of drug-likeness (QED) is 0.408. The number of rotatable bonds is 3. The first-order chi connectivity index (χ1) is 9.52. The van der Waals surface area contributed by atoms with E-state index in [1.807, 2.05) is 12.1 Å². The highest BCUT2D eigenvalue weighted by Gasteiger charge is 2.16. The van der Waals surface area contributed by atoms with Crippen LogP contribution < -0.4 is 5.43 Å². The van der Waals surface area contributed by atoms with Crippen molar-refractivity contribution in [3.8, 4) is 0 Å². The first kappa shape index (κ1) is 14.6. The molecule has 0 aliphatic carbocycles. The van der Waals surface area contributed by atoms with E-state index in [-0.39, 0.29) is 16.1 Å². The molecule has 0 bridgehead atoms. The van der Waals surface area contributed by atoms with E-state index in [9.17, 15) is 14.7 Å². The summed E-state index contributed by atoms with van der Waals surface area (Å²) in [5, 5.41) is 10.2. The molecular weight excluding hydrogens is 296 g/mol. The molecule has 0 radical (unpaired) electrons. The molecule has 0 aliphatic rings. The topological polar surface area (TPSA) is 63.6 Å². The zero-order valence-electron chi connectivity index (χ0n) is 10.9. The summed E-state index contributed by atoms with van der Waals surface area (Å²) in [6.07, 6.45) is 0. The van der Waals surface area contributed by atoms with Crippen molar-refractivity contribution in [1.82, 2.24) is 0 Å². The van der Waals surface area contributed by atoms with E-state index in [0.717, 1.165) is 16.5 Å². The molecule has 0 fully saturated rings.